The van der Waals surface area contributed by atoms with Crippen LogP contribution in [0.1, 0.15) is 34.6 Å². The zero-order valence-electron chi connectivity index (χ0n) is 20.2. The van der Waals surface area contributed by atoms with Crippen molar-refractivity contribution in [2.24, 2.45) is 5.92 Å². The summed E-state index contributed by atoms with van der Waals surface area (Å²) in [5.41, 5.74) is -2.16. The maximum absolute atomic E-state index is 13.5. The lowest BCUT2D eigenvalue weighted by Gasteiger charge is -2.39. The Balaban J connectivity index is 0.00000400. The minimum Gasteiger partial charge on any atom is -0.341 e. The fourth-order valence-corrected chi connectivity index (χ4v) is 4.67. The van der Waals surface area contributed by atoms with Gasteiger partial charge in [-0.15, -0.1) is 12.4 Å². The molecule has 5 nitrogen and oxygen atoms in total. The van der Waals surface area contributed by atoms with Crippen LogP contribution in [-0.2, 0) is 23.7 Å². The van der Waals surface area contributed by atoms with Crippen LogP contribution in [0.2, 0.25) is 0 Å². The Morgan fingerprint density at radius 1 is 0.947 bits per heavy atom. The molecular weight excluding hydrogens is 534 g/mol. The lowest BCUT2D eigenvalue weighted by Crippen LogP contribution is -2.46. The maximum atomic E-state index is 13.5. The van der Waals surface area contributed by atoms with Gasteiger partial charge in [-0.3, -0.25) is 4.79 Å². The smallest absolute Gasteiger partial charge is 0.341 e. The predicted molar refractivity (Wildman–Crippen MR) is 132 cm³/mol. The molecule has 0 saturated carbocycles. The van der Waals surface area contributed by atoms with Gasteiger partial charge in [0.2, 0.25) is 11.9 Å². The number of carbonyl (C=O) groups excluding carboxylic acids is 1. The van der Waals surface area contributed by atoms with Gasteiger partial charge >= 0.3 is 12.4 Å². The SMILES string of the molecule is CN(Cc1cc(C(F)(F)F)cc(C(F)(F)F)c1)C(=O)C1CCN(c2ncccn2)CC1c1ccccc1.Cl. The molecule has 38 heavy (non-hydrogen) atoms. The summed E-state index contributed by atoms with van der Waals surface area (Å²) in [6.45, 7) is 0.509. The molecule has 2 unspecified atom stereocenters. The van der Waals surface area contributed by atoms with Gasteiger partial charge in [0, 0.05) is 50.9 Å². The Morgan fingerprint density at radius 3 is 2.08 bits per heavy atom. The third-order valence-electron chi connectivity index (χ3n) is 6.44. The first-order valence-electron chi connectivity index (χ1n) is 11.5. The van der Waals surface area contributed by atoms with E-state index in [1.807, 2.05) is 35.2 Å². The third-order valence-corrected chi connectivity index (χ3v) is 6.44. The average Bonchev–Trinajstić information content (AvgIpc) is 2.87. The van der Waals surface area contributed by atoms with E-state index in [2.05, 4.69) is 9.97 Å². The Morgan fingerprint density at radius 2 is 1.53 bits per heavy atom. The number of carbonyl (C=O) groups is 1. The van der Waals surface area contributed by atoms with Crippen molar-refractivity contribution >= 4 is 24.3 Å². The first-order chi connectivity index (χ1) is 17.4. The highest BCUT2D eigenvalue weighted by Crippen LogP contribution is 2.38. The van der Waals surface area contributed by atoms with Crippen molar-refractivity contribution in [3.8, 4) is 0 Å². The van der Waals surface area contributed by atoms with Crippen molar-refractivity contribution in [1.29, 1.82) is 0 Å². The number of amides is 1. The van der Waals surface area contributed by atoms with E-state index < -0.39 is 35.9 Å². The molecule has 1 fully saturated rings. The summed E-state index contributed by atoms with van der Waals surface area (Å²) in [5.74, 6) is -0.638. The molecule has 3 aromatic rings. The summed E-state index contributed by atoms with van der Waals surface area (Å²) >= 11 is 0. The molecule has 2 atom stereocenters. The van der Waals surface area contributed by atoms with Crippen molar-refractivity contribution in [2.45, 2.75) is 31.2 Å². The molecule has 2 heterocycles. The highest BCUT2D eigenvalue weighted by molar-refractivity contribution is 5.85. The van der Waals surface area contributed by atoms with Crippen molar-refractivity contribution in [3.05, 3.63) is 89.2 Å². The van der Waals surface area contributed by atoms with E-state index in [0.717, 1.165) is 5.56 Å². The van der Waals surface area contributed by atoms with E-state index in [1.54, 1.807) is 18.5 Å². The number of rotatable bonds is 5. The molecule has 0 N–H and O–H groups in total. The predicted octanol–water partition coefficient (Wildman–Crippen LogP) is 6.20. The molecule has 1 amide bonds. The van der Waals surface area contributed by atoms with Crippen LogP contribution in [0.4, 0.5) is 32.3 Å². The molecule has 0 aliphatic carbocycles. The molecule has 0 bridgehead atoms. The lowest BCUT2D eigenvalue weighted by atomic mass is 9.80. The molecule has 4 rings (SSSR count). The monoisotopic (exact) mass is 558 g/mol. The average molecular weight is 559 g/mol. The molecule has 1 aliphatic rings. The second-order valence-corrected chi connectivity index (χ2v) is 9.02. The number of anilines is 1. The maximum Gasteiger partial charge on any atom is 0.416 e. The van der Waals surface area contributed by atoms with E-state index in [4.69, 9.17) is 0 Å². The quantitative estimate of drug-likeness (QED) is 0.350. The molecule has 0 radical (unpaired) electrons. The number of hydrogen-bond acceptors (Lipinski definition) is 4. The fourth-order valence-electron chi connectivity index (χ4n) is 4.67. The topological polar surface area (TPSA) is 49.3 Å². The van der Waals surface area contributed by atoms with Gasteiger partial charge in [0.15, 0.2) is 0 Å². The summed E-state index contributed by atoms with van der Waals surface area (Å²) in [4.78, 5) is 25.3. The van der Waals surface area contributed by atoms with Crippen molar-refractivity contribution in [1.82, 2.24) is 14.9 Å². The van der Waals surface area contributed by atoms with Crippen LogP contribution in [-0.4, -0.2) is 40.9 Å². The van der Waals surface area contributed by atoms with E-state index in [-0.39, 0.29) is 35.9 Å². The largest absolute Gasteiger partial charge is 0.416 e. The molecule has 12 heteroatoms. The highest BCUT2D eigenvalue weighted by atomic mass is 35.5. The van der Waals surface area contributed by atoms with Gasteiger partial charge < -0.3 is 9.80 Å². The second-order valence-electron chi connectivity index (χ2n) is 9.02. The van der Waals surface area contributed by atoms with Crippen molar-refractivity contribution < 1.29 is 31.1 Å². The molecule has 0 spiro atoms. The molecule has 1 saturated heterocycles. The first kappa shape index (κ1) is 29.2. The number of alkyl halides is 6. The Kier molecular flexibility index (Phi) is 8.91. The zero-order chi connectivity index (χ0) is 26.8. The van der Waals surface area contributed by atoms with Gasteiger partial charge in [-0.2, -0.15) is 26.3 Å². The van der Waals surface area contributed by atoms with Crippen LogP contribution < -0.4 is 4.90 Å². The van der Waals surface area contributed by atoms with Crippen LogP contribution in [0.15, 0.2) is 67.0 Å². The summed E-state index contributed by atoms with van der Waals surface area (Å²) in [6, 6.07) is 12.4. The van der Waals surface area contributed by atoms with Gasteiger partial charge in [0.1, 0.15) is 0 Å². The zero-order valence-corrected chi connectivity index (χ0v) is 21.0. The van der Waals surface area contributed by atoms with Crippen molar-refractivity contribution in [2.75, 3.05) is 25.0 Å². The summed E-state index contributed by atoms with van der Waals surface area (Å²) in [7, 11) is 1.39. The second kappa shape index (κ2) is 11.6. The van der Waals surface area contributed by atoms with E-state index in [0.29, 0.717) is 37.6 Å². The number of halogens is 7. The van der Waals surface area contributed by atoms with Crippen LogP contribution in [0.25, 0.3) is 0 Å². The third kappa shape index (κ3) is 6.75. The number of piperidine rings is 1. The van der Waals surface area contributed by atoms with Gasteiger partial charge in [0.25, 0.3) is 0 Å². The number of hydrogen-bond donors (Lipinski definition) is 0. The van der Waals surface area contributed by atoms with E-state index in [1.165, 1.54) is 11.9 Å². The van der Waals surface area contributed by atoms with Gasteiger partial charge in [-0.25, -0.2) is 9.97 Å². The molecule has 1 aromatic heterocycles. The van der Waals surface area contributed by atoms with Crippen molar-refractivity contribution in [3.63, 3.8) is 0 Å². The Bertz CT molecular complexity index is 1190. The van der Waals surface area contributed by atoms with Gasteiger partial charge in [-0.05, 0) is 41.8 Å². The normalized spacial score (nSPS) is 18.0. The van der Waals surface area contributed by atoms with Gasteiger partial charge in [0.05, 0.1) is 11.1 Å². The summed E-state index contributed by atoms with van der Waals surface area (Å²) in [5, 5.41) is 0. The van der Waals surface area contributed by atoms with Crippen LogP contribution in [0.5, 0.6) is 0 Å². The summed E-state index contributed by atoms with van der Waals surface area (Å²) in [6.07, 6.45) is -6.26. The number of benzene rings is 2. The molecular formula is C26H25ClF6N4O. The minimum absolute atomic E-state index is 0. The molecule has 2 aromatic carbocycles. The van der Waals surface area contributed by atoms with Crippen LogP contribution in [0.3, 0.4) is 0 Å². The fraction of sp³-hybridized carbons (Fsp3) is 0.346. The Hall–Kier alpha value is -3.34. The van der Waals surface area contributed by atoms with Gasteiger partial charge in [-0.1, -0.05) is 30.3 Å². The summed E-state index contributed by atoms with van der Waals surface area (Å²) < 4.78 is 79.7. The Labute approximate surface area is 221 Å². The standard InChI is InChI=1S/C26H24F6N4O.ClH/c1-35(15-17-12-19(25(27,28)29)14-20(13-17)26(30,31)32)23(37)21-8-11-36(24-33-9-5-10-34-24)16-22(21)18-6-3-2-4-7-18;/h2-7,9-10,12-14,21-22H,8,11,15-16H2,1H3;1H. The van der Waals surface area contributed by atoms with Crippen LogP contribution in [0, 0.1) is 5.92 Å². The molecule has 1 aliphatic heterocycles. The van der Waals surface area contributed by atoms with E-state index in [9.17, 15) is 31.1 Å². The number of nitrogens with zero attached hydrogens (tertiary/aromatic N) is 4. The highest BCUT2D eigenvalue weighted by Gasteiger charge is 2.39. The van der Waals surface area contributed by atoms with E-state index >= 15 is 0 Å². The van der Waals surface area contributed by atoms with Crippen LogP contribution >= 0.6 is 12.4 Å². The molecule has 204 valence electrons. The minimum atomic E-state index is -4.96. The first-order valence-corrected chi connectivity index (χ1v) is 11.5. The lowest BCUT2D eigenvalue weighted by molar-refractivity contribution is -0.143. The number of aromatic nitrogens is 2.